The fraction of sp³-hybridized carbons (Fsp3) is 0.0769. The van der Waals surface area contributed by atoms with E-state index in [2.05, 4.69) is 0 Å². The molecule has 0 saturated carbocycles. The van der Waals surface area contributed by atoms with Crippen molar-refractivity contribution in [3.63, 3.8) is 0 Å². The fourth-order valence-corrected chi connectivity index (χ4v) is 10.1. The second kappa shape index (κ2) is 10.3. The highest BCUT2D eigenvalue weighted by Crippen LogP contribution is 2.61. The molecule has 0 bridgehead atoms. The summed E-state index contributed by atoms with van der Waals surface area (Å²) in [4.78, 5) is 44.1. The predicted octanol–water partition coefficient (Wildman–Crippen LogP) is 2.68. The van der Waals surface area contributed by atoms with Gasteiger partial charge in [0, 0.05) is 12.2 Å². The molecule has 25 heavy (non-hydrogen) atoms. The monoisotopic (exact) mass is 422 g/mol. The van der Waals surface area contributed by atoms with E-state index in [4.69, 9.17) is 15.3 Å². The van der Waals surface area contributed by atoms with Gasteiger partial charge in [0.25, 0.3) is 0 Å². The van der Waals surface area contributed by atoms with Crippen LogP contribution in [0.1, 0.15) is 0 Å². The van der Waals surface area contributed by atoms with Crippen molar-refractivity contribution < 1.29 is 39.6 Å². The molecule has 0 spiro atoms. The summed E-state index contributed by atoms with van der Waals surface area (Å²) >= 11 is 0. The number of hydrogen-bond acceptors (Lipinski definition) is 8. The van der Waals surface area contributed by atoms with E-state index in [0.717, 1.165) is 24.3 Å². The molecule has 0 unspecified atom stereocenters. The lowest BCUT2D eigenvalue weighted by atomic mass is 10.0. The number of allylic oxidation sites excluding steroid dienone is 1. The Morgan fingerprint density at radius 2 is 1.24 bits per heavy atom. The minimum Gasteiger partial charge on any atom is -0.478 e. The van der Waals surface area contributed by atoms with E-state index in [1.807, 2.05) is 0 Å². The molecule has 0 radical (unpaired) electrons. The third-order valence-corrected chi connectivity index (χ3v) is 10.0. The third-order valence-electron chi connectivity index (χ3n) is 2.43. The maximum atomic E-state index is 11.6. The summed E-state index contributed by atoms with van der Waals surface area (Å²) in [6.45, 7) is 0. The highest BCUT2D eigenvalue weighted by atomic mass is 33.7. The Balaban J connectivity index is 3.51. The minimum absolute atomic E-state index is 0.102. The first-order valence-corrected chi connectivity index (χ1v) is 11.1. The lowest BCUT2D eigenvalue weighted by Crippen LogP contribution is -2.10. The molecule has 0 aromatic carbocycles. The van der Waals surface area contributed by atoms with Crippen LogP contribution in [0.4, 0.5) is 0 Å². The second-order valence-electron chi connectivity index (χ2n) is 4.08. The molecule has 1 heterocycles. The van der Waals surface area contributed by atoms with Gasteiger partial charge in [0.15, 0.2) is 0 Å². The Hall–Kier alpha value is -1.76. The Bertz CT molecular complexity index is 701. The molecule has 134 valence electrons. The third kappa shape index (κ3) is 7.34. The molecule has 1 fully saturated rings. The zero-order chi connectivity index (χ0) is 19.0. The lowest BCUT2D eigenvalue weighted by molar-refractivity contribution is -0.133. The first-order valence-electron chi connectivity index (χ1n) is 6.12. The van der Waals surface area contributed by atoms with Crippen molar-refractivity contribution in [2.75, 3.05) is 0 Å². The van der Waals surface area contributed by atoms with Gasteiger partial charge < -0.3 is 20.4 Å². The lowest BCUT2D eigenvalue weighted by Gasteiger charge is -2.11. The fourth-order valence-electron chi connectivity index (χ4n) is 1.45. The van der Waals surface area contributed by atoms with Crippen LogP contribution in [0.15, 0.2) is 47.1 Å². The van der Waals surface area contributed by atoms with Gasteiger partial charge in [-0.25, -0.2) is 19.2 Å². The van der Waals surface area contributed by atoms with Crippen molar-refractivity contribution in [2.45, 2.75) is 4.58 Å². The average molecular weight is 422 g/mol. The summed E-state index contributed by atoms with van der Waals surface area (Å²) in [6, 6.07) is 0. The highest BCUT2D eigenvalue weighted by molar-refractivity contribution is 9.31. The summed E-state index contributed by atoms with van der Waals surface area (Å²) in [7, 11) is 5.32. The second-order valence-corrected chi connectivity index (χ2v) is 10.4. The molecule has 0 aliphatic carbocycles. The molecule has 12 heteroatoms. The molecule has 1 aliphatic rings. The van der Waals surface area contributed by atoms with Crippen LogP contribution in [0, 0.1) is 0 Å². The highest BCUT2D eigenvalue weighted by Gasteiger charge is 2.26. The standard InChI is InChI=1S/C13H10O8S4/c14-9(15)3-1-6(11(18)19)5-8(12(20)21)7(2-4-10(16)17)13-22-24-25-23-13/h1-5,13H,(H,14,15)(H,16,17)(H,18,19)(H,20,21). The van der Waals surface area contributed by atoms with Gasteiger partial charge in [-0.2, -0.15) is 0 Å². The molecule has 1 saturated heterocycles. The molecule has 4 N–H and O–H groups in total. The van der Waals surface area contributed by atoms with Crippen molar-refractivity contribution in [2.24, 2.45) is 0 Å². The van der Waals surface area contributed by atoms with Gasteiger partial charge in [-0.1, -0.05) is 21.6 Å². The smallest absolute Gasteiger partial charge is 0.336 e. The van der Waals surface area contributed by atoms with E-state index in [1.165, 1.54) is 41.2 Å². The van der Waals surface area contributed by atoms with Gasteiger partial charge in [-0.05, 0) is 43.5 Å². The van der Waals surface area contributed by atoms with E-state index < -0.39 is 39.6 Å². The summed E-state index contributed by atoms with van der Waals surface area (Å²) in [5, 5.41) is 35.9. The number of rotatable bonds is 8. The van der Waals surface area contributed by atoms with E-state index in [9.17, 15) is 24.3 Å². The maximum Gasteiger partial charge on any atom is 0.336 e. The Kier molecular flexibility index (Phi) is 8.75. The summed E-state index contributed by atoms with van der Waals surface area (Å²) < 4.78 is -0.438. The van der Waals surface area contributed by atoms with E-state index >= 15 is 0 Å². The van der Waals surface area contributed by atoms with Gasteiger partial charge in [0.05, 0.1) is 15.7 Å². The molecule has 0 aromatic heterocycles. The SMILES string of the molecule is O=C(O)C=CC(=CC(C(=O)O)=C(C=CC(=O)O)C1SSSS1)C(=O)O. The zero-order valence-electron chi connectivity index (χ0n) is 12.0. The number of carboxylic acid groups (broad SMARTS) is 4. The topological polar surface area (TPSA) is 149 Å². The number of aliphatic carboxylic acids is 4. The Morgan fingerprint density at radius 3 is 1.68 bits per heavy atom. The molecular weight excluding hydrogens is 412 g/mol. The average Bonchev–Trinajstić information content (AvgIpc) is 3.02. The first-order chi connectivity index (χ1) is 11.7. The van der Waals surface area contributed by atoms with E-state index in [1.54, 1.807) is 0 Å². The molecule has 0 atom stereocenters. The quantitative estimate of drug-likeness (QED) is 0.259. The van der Waals surface area contributed by atoms with Crippen LogP contribution >= 0.6 is 41.2 Å². The Morgan fingerprint density at radius 1 is 0.720 bits per heavy atom. The molecule has 0 aromatic rings. The largest absolute Gasteiger partial charge is 0.478 e. The minimum atomic E-state index is -1.52. The van der Waals surface area contributed by atoms with Crippen LogP contribution < -0.4 is 0 Å². The van der Waals surface area contributed by atoms with Crippen LogP contribution in [0.5, 0.6) is 0 Å². The van der Waals surface area contributed by atoms with Crippen LogP contribution in [0.3, 0.4) is 0 Å². The molecule has 1 rings (SSSR count). The van der Waals surface area contributed by atoms with E-state index in [-0.39, 0.29) is 5.57 Å². The van der Waals surface area contributed by atoms with Crippen molar-refractivity contribution in [1.82, 2.24) is 0 Å². The maximum absolute atomic E-state index is 11.6. The summed E-state index contributed by atoms with van der Waals surface area (Å²) in [5.74, 6) is -5.67. The molecule has 8 nitrogen and oxygen atoms in total. The number of carbonyl (C=O) groups is 4. The van der Waals surface area contributed by atoms with Crippen LogP contribution in [-0.4, -0.2) is 48.9 Å². The van der Waals surface area contributed by atoms with Crippen LogP contribution in [-0.2, 0) is 19.2 Å². The van der Waals surface area contributed by atoms with Crippen molar-refractivity contribution in [3.05, 3.63) is 47.1 Å². The van der Waals surface area contributed by atoms with E-state index in [0.29, 0.717) is 6.08 Å². The van der Waals surface area contributed by atoms with Gasteiger partial charge in [-0.3, -0.25) is 0 Å². The van der Waals surface area contributed by atoms with Crippen molar-refractivity contribution in [1.29, 1.82) is 0 Å². The molecule has 0 amide bonds. The van der Waals surface area contributed by atoms with Crippen molar-refractivity contribution >= 4 is 65.1 Å². The summed E-state index contributed by atoms with van der Waals surface area (Å²) in [5.41, 5.74) is -0.891. The normalized spacial score (nSPS) is 17.0. The Labute approximate surface area is 156 Å². The molecular formula is C13H10O8S4. The first kappa shape index (κ1) is 21.3. The van der Waals surface area contributed by atoms with Gasteiger partial charge in [0.1, 0.15) is 0 Å². The predicted molar refractivity (Wildman–Crippen MR) is 98.1 cm³/mol. The summed E-state index contributed by atoms with van der Waals surface area (Å²) in [6.07, 6.45) is 3.98. The van der Waals surface area contributed by atoms with Gasteiger partial charge in [0.2, 0.25) is 0 Å². The van der Waals surface area contributed by atoms with Crippen LogP contribution in [0.25, 0.3) is 0 Å². The number of carboxylic acids is 4. The van der Waals surface area contributed by atoms with Gasteiger partial charge >= 0.3 is 23.9 Å². The van der Waals surface area contributed by atoms with Gasteiger partial charge in [-0.15, -0.1) is 0 Å². The molecule has 1 aliphatic heterocycles. The van der Waals surface area contributed by atoms with Crippen molar-refractivity contribution in [3.8, 4) is 0 Å². The van der Waals surface area contributed by atoms with Crippen LogP contribution in [0.2, 0.25) is 0 Å². The zero-order valence-corrected chi connectivity index (χ0v) is 15.3. The number of hydrogen-bond donors (Lipinski definition) is 4.